The van der Waals surface area contributed by atoms with E-state index in [1.54, 1.807) is 0 Å². The smallest absolute Gasteiger partial charge is 0.0945 e. The van der Waals surface area contributed by atoms with Gasteiger partial charge >= 0.3 is 0 Å². The summed E-state index contributed by atoms with van der Waals surface area (Å²) in [6, 6.07) is 9.09. The topological polar surface area (TPSA) is 24.3 Å². The highest BCUT2D eigenvalue weighted by Gasteiger charge is 2.11. The zero-order chi connectivity index (χ0) is 15.4. The number of benzene rings is 1. The number of aromatic nitrogens is 2. The molecule has 1 aromatic carbocycles. The lowest BCUT2D eigenvalue weighted by Crippen LogP contribution is -2.29. The van der Waals surface area contributed by atoms with E-state index in [9.17, 15) is 0 Å². The molecule has 0 radical (unpaired) electrons. The van der Waals surface area contributed by atoms with Crippen LogP contribution in [0.15, 0.2) is 36.8 Å². The standard InChI is InChI=1S/C18H26N4/c1-20(14-18-12-19-15-21(18)2)13-16-6-8-17(9-7-16)22-10-4-3-5-11-22/h6-9,12,15H,3-5,10-11,13-14H2,1-2H3. The first-order valence-corrected chi connectivity index (χ1v) is 8.20. The van der Waals surface area contributed by atoms with E-state index in [-0.39, 0.29) is 0 Å². The van der Waals surface area contributed by atoms with Crippen LogP contribution in [0.3, 0.4) is 0 Å². The maximum atomic E-state index is 4.18. The lowest BCUT2D eigenvalue weighted by molar-refractivity contribution is 0.311. The normalized spacial score (nSPS) is 15.5. The summed E-state index contributed by atoms with van der Waals surface area (Å²) in [5.41, 5.74) is 3.98. The fourth-order valence-electron chi connectivity index (χ4n) is 3.15. The van der Waals surface area contributed by atoms with Gasteiger partial charge in [-0.1, -0.05) is 12.1 Å². The number of nitrogens with zero attached hydrogens (tertiary/aromatic N) is 4. The van der Waals surface area contributed by atoms with Gasteiger partial charge in [0.15, 0.2) is 0 Å². The summed E-state index contributed by atoms with van der Waals surface area (Å²) in [5.74, 6) is 0. The van der Waals surface area contributed by atoms with E-state index in [1.165, 1.54) is 49.3 Å². The van der Waals surface area contributed by atoms with Gasteiger partial charge in [-0.25, -0.2) is 4.98 Å². The third kappa shape index (κ3) is 3.69. The van der Waals surface area contributed by atoms with Crippen molar-refractivity contribution < 1.29 is 0 Å². The Bertz CT molecular complexity index is 581. The third-order valence-corrected chi connectivity index (χ3v) is 4.46. The van der Waals surface area contributed by atoms with Crippen LogP contribution in [0, 0.1) is 0 Å². The van der Waals surface area contributed by atoms with E-state index in [0.717, 1.165) is 13.1 Å². The minimum atomic E-state index is 0.921. The molecule has 1 aliphatic rings. The number of aryl methyl sites for hydroxylation is 1. The lowest BCUT2D eigenvalue weighted by atomic mass is 10.1. The Hall–Kier alpha value is -1.81. The molecule has 2 aromatic rings. The zero-order valence-electron chi connectivity index (χ0n) is 13.7. The summed E-state index contributed by atoms with van der Waals surface area (Å²) in [4.78, 5) is 9.01. The van der Waals surface area contributed by atoms with Gasteiger partial charge in [0.2, 0.25) is 0 Å². The summed E-state index contributed by atoms with van der Waals surface area (Å²) in [6.07, 6.45) is 7.84. The van der Waals surface area contributed by atoms with Crippen molar-refractivity contribution in [2.24, 2.45) is 7.05 Å². The number of piperidine rings is 1. The van der Waals surface area contributed by atoms with Gasteiger partial charge in [-0.3, -0.25) is 4.90 Å². The van der Waals surface area contributed by atoms with Gasteiger partial charge in [-0.2, -0.15) is 0 Å². The predicted octanol–water partition coefficient (Wildman–Crippen LogP) is 3.04. The van der Waals surface area contributed by atoms with Crippen molar-refractivity contribution in [2.45, 2.75) is 32.4 Å². The summed E-state index contributed by atoms with van der Waals surface area (Å²) >= 11 is 0. The number of hydrogen-bond acceptors (Lipinski definition) is 3. The monoisotopic (exact) mass is 298 g/mol. The molecule has 1 fully saturated rings. The van der Waals surface area contributed by atoms with Crippen molar-refractivity contribution in [3.05, 3.63) is 48.0 Å². The Morgan fingerprint density at radius 1 is 1.05 bits per heavy atom. The fourth-order valence-corrected chi connectivity index (χ4v) is 3.15. The molecule has 1 aliphatic heterocycles. The Balaban J connectivity index is 1.57. The molecule has 22 heavy (non-hydrogen) atoms. The molecule has 0 amide bonds. The SMILES string of the molecule is CN(Cc1ccc(N2CCCCC2)cc1)Cc1cncn1C. The zero-order valence-corrected chi connectivity index (χ0v) is 13.7. The number of rotatable bonds is 5. The van der Waals surface area contributed by atoms with Crippen LogP contribution in [-0.2, 0) is 20.1 Å². The van der Waals surface area contributed by atoms with Gasteiger partial charge in [0.05, 0.1) is 12.0 Å². The van der Waals surface area contributed by atoms with Crippen LogP contribution >= 0.6 is 0 Å². The van der Waals surface area contributed by atoms with Crippen molar-refractivity contribution in [1.29, 1.82) is 0 Å². The second kappa shape index (κ2) is 6.97. The van der Waals surface area contributed by atoms with Gasteiger partial charge in [0.1, 0.15) is 0 Å². The molecular formula is C18H26N4. The predicted molar refractivity (Wildman–Crippen MR) is 90.9 cm³/mol. The van der Waals surface area contributed by atoms with Gasteiger partial charge in [-0.05, 0) is 44.0 Å². The van der Waals surface area contributed by atoms with E-state index in [2.05, 4.69) is 50.7 Å². The molecular weight excluding hydrogens is 272 g/mol. The van der Waals surface area contributed by atoms with Crippen molar-refractivity contribution in [3.8, 4) is 0 Å². The lowest BCUT2D eigenvalue weighted by Gasteiger charge is -2.29. The maximum absolute atomic E-state index is 4.18. The van der Waals surface area contributed by atoms with Crippen LogP contribution in [0.4, 0.5) is 5.69 Å². The van der Waals surface area contributed by atoms with Gasteiger partial charge < -0.3 is 9.47 Å². The van der Waals surface area contributed by atoms with Crippen LogP contribution in [0.5, 0.6) is 0 Å². The molecule has 0 aliphatic carbocycles. The molecule has 118 valence electrons. The van der Waals surface area contributed by atoms with E-state index in [0.29, 0.717) is 0 Å². The molecule has 4 heteroatoms. The van der Waals surface area contributed by atoms with Crippen LogP contribution in [-0.4, -0.2) is 34.6 Å². The molecule has 4 nitrogen and oxygen atoms in total. The summed E-state index contributed by atoms with van der Waals surface area (Å²) in [6.45, 7) is 4.30. The summed E-state index contributed by atoms with van der Waals surface area (Å²) in [7, 11) is 4.20. The minimum Gasteiger partial charge on any atom is -0.372 e. The highest BCUT2D eigenvalue weighted by molar-refractivity contribution is 5.47. The molecule has 0 bridgehead atoms. The number of hydrogen-bond donors (Lipinski definition) is 0. The average molecular weight is 298 g/mol. The Morgan fingerprint density at radius 2 is 1.77 bits per heavy atom. The second-order valence-electron chi connectivity index (χ2n) is 6.38. The molecule has 0 N–H and O–H groups in total. The third-order valence-electron chi connectivity index (χ3n) is 4.46. The quantitative estimate of drug-likeness (QED) is 0.848. The first kappa shape index (κ1) is 15.1. The fraction of sp³-hybridized carbons (Fsp3) is 0.500. The minimum absolute atomic E-state index is 0.921. The maximum Gasteiger partial charge on any atom is 0.0945 e. The van der Waals surface area contributed by atoms with E-state index >= 15 is 0 Å². The van der Waals surface area contributed by atoms with Crippen LogP contribution in [0.2, 0.25) is 0 Å². The largest absolute Gasteiger partial charge is 0.372 e. The molecule has 0 saturated carbocycles. The average Bonchev–Trinajstić information content (AvgIpc) is 2.94. The van der Waals surface area contributed by atoms with Crippen LogP contribution in [0.25, 0.3) is 0 Å². The van der Waals surface area contributed by atoms with Gasteiger partial charge in [0.25, 0.3) is 0 Å². The van der Waals surface area contributed by atoms with Gasteiger partial charge in [0, 0.05) is 45.1 Å². The number of anilines is 1. The molecule has 3 rings (SSSR count). The molecule has 2 heterocycles. The van der Waals surface area contributed by atoms with Gasteiger partial charge in [-0.15, -0.1) is 0 Å². The molecule has 0 spiro atoms. The molecule has 0 unspecified atom stereocenters. The van der Waals surface area contributed by atoms with E-state index in [4.69, 9.17) is 0 Å². The molecule has 1 saturated heterocycles. The molecule has 0 atom stereocenters. The van der Waals surface area contributed by atoms with Crippen molar-refractivity contribution in [1.82, 2.24) is 14.5 Å². The Morgan fingerprint density at radius 3 is 2.41 bits per heavy atom. The van der Waals surface area contributed by atoms with E-state index in [1.807, 2.05) is 19.6 Å². The van der Waals surface area contributed by atoms with Crippen LogP contribution < -0.4 is 4.90 Å². The first-order chi connectivity index (χ1) is 10.7. The van der Waals surface area contributed by atoms with Crippen LogP contribution in [0.1, 0.15) is 30.5 Å². The first-order valence-electron chi connectivity index (χ1n) is 8.20. The Kier molecular flexibility index (Phi) is 4.78. The van der Waals surface area contributed by atoms with Crippen molar-refractivity contribution >= 4 is 5.69 Å². The summed E-state index contributed by atoms with van der Waals surface area (Å²) < 4.78 is 2.08. The number of imidazole rings is 1. The van der Waals surface area contributed by atoms with Crippen molar-refractivity contribution in [3.63, 3.8) is 0 Å². The Labute approximate surface area is 133 Å². The molecule has 1 aromatic heterocycles. The second-order valence-corrected chi connectivity index (χ2v) is 6.38. The van der Waals surface area contributed by atoms with E-state index < -0.39 is 0 Å². The highest BCUT2D eigenvalue weighted by atomic mass is 15.1. The summed E-state index contributed by atoms with van der Waals surface area (Å²) in [5, 5.41) is 0. The highest BCUT2D eigenvalue weighted by Crippen LogP contribution is 2.20. The van der Waals surface area contributed by atoms with Crippen molar-refractivity contribution in [2.75, 3.05) is 25.0 Å².